The summed E-state index contributed by atoms with van der Waals surface area (Å²) in [6, 6.07) is 14.5. The molecule has 28 heavy (non-hydrogen) atoms. The molecule has 1 amide bonds. The Labute approximate surface area is 168 Å². The van der Waals surface area contributed by atoms with Crippen LogP contribution in [0.2, 0.25) is 0 Å². The molecule has 0 fully saturated rings. The summed E-state index contributed by atoms with van der Waals surface area (Å²) in [6.07, 6.45) is 0.989. The Kier molecular flexibility index (Phi) is 6.81. The number of rotatable bonds is 8. The molecule has 3 rings (SSSR count). The summed E-state index contributed by atoms with van der Waals surface area (Å²) in [4.78, 5) is 11.5. The smallest absolute Gasteiger partial charge is 0.219 e. The van der Waals surface area contributed by atoms with E-state index in [2.05, 4.69) is 34.6 Å². The Balaban J connectivity index is 1.83. The molecule has 7 heteroatoms. The summed E-state index contributed by atoms with van der Waals surface area (Å²) in [5.74, 6) is 1.21. The quantitative estimate of drug-likeness (QED) is 0.581. The van der Waals surface area contributed by atoms with Crippen LogP contribution in [0.3, 0.4) is 0 Å². The van der Waals surface area contributed by atoms with E-state index in [-0.39, 0.29) is 11.7 Å². The lowest BCUT2D eigenvalue weighted by Gasteiger charge is -2.11. The lowest BCUT2D eigenvalue weighted by atomic mass is 10.1. The van der Waals surface area contributed by atoms with Gasteiger partial charge in [-0.05, 0) is 42.3 Å². The van der Waals surface area contributed by atoms with Gasteiger partial charge in [-0.15, -0.1) is 10.2 Å². The Morgan fingerprint density at radius 2 is 1.89 bits per heavy atom. The highest BCUT2D eigenvalue weighted by Gasteiger charge is 2.15. The molecule has 2 aromatic carbocycles. The highest BCUT2D eigenvalue weighted by molar-refractivity contribution is 7.98. The lowest BCUT2D eigenvalue weighted by molar-refractivity contribution is -0.120. The van der Waals surface area contributed by atoms with Crippen LogP contribution in [0.15, 0.2) is 53.7 Å². The van der Waals surface area contributed by atoms with Crippen LogP contribution in [0.5, 0.6) is 0 Å². The number of carbonyl (C=O) groups is 1. The van der Waals surface area contributed by atoms with E-state index in [1.807, 2.05) is 23.6 Å². The zero-order valence-corrected chi connectivity index (χ0v) is 16.8. The monoisotopic (exact) mass is 398 g/mol. The molecule has 0 aliphatic heterocycles. The summed E-state index contributed by atoms with van der Waals surface area (Å²) in [5.41, 5.74) is 3.26. The number of carbonyl (C=O) groups excluding carboxylic acids is 1. The van der Waals surface area contributed by atoms with Crippen LogP contribution in [0.4, 0.5) is 4.39 Å². The van der Waals surface area contributed by atoms with E-state index in [1.54, 1.807) is 23.9 Å². The van der Waals surface area contributed by atoms with Crippen molar-refractivity contribution in [2.45, 2.75) is 37.6 Å². The van der Waals surface area contributed by atoms with Crippen LogP contribution < -0.4 is 5.32 Å². The Morgan fingerprint density at radius 3 is 2.61 bits per heavy atom. The Hall–Kier alpha value is -2.67. The Morgan fingerprint density at radius 1 is 1.14 bits per heavy atom. The van der Waals surface area contributed by atoms with Crippen LogP contribution in [0, 0.1) is 12.7 Å². The summed E-state index contributed by atoms with van der Waals surface area (Å²) in [7, 11) is 0. The van der Waals surface area contributed by atoms with Crippen LogP contribution >= 0.6 is 11.8 Å². The third kappa shape index (κ3) is 4.98. The fraction of sp³-hybridized carbons (Fsp3) is 0.286. The van der Waals surface area contributed by atoms with Crippen molar-refractivity contribution in [3.05, 3.63) is 71.3 Å². The predicted octanol–water partition coefficient (Wildman–Crippen LogP) is 4.08. The van der Waals surface area contributed by atoms with Gasteiger partial charge < -0.3 is 5.32 Å². The fourth-order valence-electron chi connectivity index (χ4n) is 2.76. The van der Waals surface area contributed by atoms with Gasteiger partial charge in [0.1, 0.15) is 11.6 Å². The third-order valence-electron chi connectivity index (χ3n) is 4.40. The van der Waals surface area contributed by atoms with Gasteiger partial charge in [-0.1, -0.05) is 43.0 Å². The molecule has 0 saturated carbocycles. The zero-order chi connectivity index (χ0) is 19.9. The number of nitrogens with one attached hydrogen (secondary N) is 1. The molecule has 5 nitrogen and oxygen atoms in total. The first-order chi connectivity index (χ1) is 13.6. The van der Waals surface area contributed by atoms with E-state index in [4.69, 9.17) is 0 Å². The van der Waals surface area contributed by atoms with Crippen molar-refractivity contribution in [2.24, 2.45) is 0 Å². The maximum absolute atomic E-state index is 13.4. The highest BCUT2D eigenvalue weighted by Crippen LogP contribution is 2.26. The minimum atomic E-state index is -0.289. The van der Waals surface area contributed by atoms with Gasteiger partial charge in [0.15, 0.2) is 5.16 Å². The van der Waals surface area contributed by atoms with Crippen molar-refractivity contribution >= 4 is 17.7 Å². The normalized spacial score (nSPS) is 10.8. The van der Waals surface area contributed by atoms with Gasteiger partial charge in [-0.3, -0.25) is 9.36 Å². The summed E-state index contributed by atoms with van der Waals surface area (Å²) in [6.45, 7) is 4.38. The van der Waals surface area contributed by atoms with E-state index in [1.165, 1.54) is 23.3 Å². The van der Waals surface area contributed by atoms with Crippen molar-refractivity contribution < 1.29 is 9.18 Å². The van der Waals surface area contributed by atoms with Crippen molar-refractivity contribution in [2.75, 3.05) is 6.54 Å². The number of hydrogen-bond acceptors (Lipinski definition) is 4. The second kappa shape index (κ2) is 9.50. The molecular weight excluding hydrogens is 375 g/mol. The highest BCUT2D eigenvalue weighted by atomic mass is 32.2. The zero-order valence-electron chi connectivity index (χ0n) is 16.0. The van der Waals surface area contributed by atoms with Crippen LogP contribution in [0.1, 0.15) is 30.3 Å². The van der Waals surface area contributed by atoms with Gasteiger partial charge in [0.05, 0.1) is 0 Å². The summed E-state index contributed by atoms with van der Waals surface area (Å²) in [5, 5.41) is 12.3. The van der Waals surface area contributed by atoms with Gasteiger partial charge in [0.2, 0.25) is 5.91 Å². The molecule has 0 spiro atoms. The van der Waals surface area contributed by atoms with E-state index in [0.29, 0.717) is 19.4 Å². The molecule has 1 aromatic heterocycles. The first kappa shape index (κ1) is 20.1. The lowest BCUT2D eigenvalue weighted by Crippen LogP contribution is -2.25. The fourth-order valence-corrected chi connectivity index (χ4v) is 3.81. The van der Waals surface area contributed by atoms with E-state index in [9.17, 15) is 9.18 Å². The maximum Gasteiger partial charge on any atom is 0.219 e. The standard InChI is InChI=1S/C21H23FN4OS/c1-3-20(27)23-13-12-19-24-25-21(26(19)18-10-8-17(22)9-11-18)28-14-16-7-5-4-6-15(16)2/h4-11H,3,12-14H2,1-2H3,(H,23,27). The van der Waals surface area contributed by atoms with Gasteiger partial charge in [0, 0.05) is 30.8 Å². The molecular formula is C21H23FN4OS. The molecule has 1 heterocycles. The number of amides is 1. The average Bonchev–Trinajstić information content (AvgIpc) is 3.10. The molecule has 0 saturated heterocycles. The Bertz CT molecular complexity index is 940. The number of aryl methyl sites for hydroxylation is 1. The van der Waals surface area contributed by atoms with Crippen molar-refractivity contribution in [3.8, 4) is 5.69 Å². The van der Waals surface area contributed by atoms with E-state index < -0.39 is 0 Å². The first-order valence-electron chi connectivity index (χ1n) is 9.22. The molecule has 3 aromatic rings. The van der Waals surface area contributed by atoms with Gasteiger partial charge >= 0.3 is 0 Å². The first-order valence-corrected chi connectivity index (χ1v) is 10.2. The SMILES string of the molecule is CCC(=O)NCCc1nnc(SCc2ccccc2C)n1-c1ccc(F)cc1. The molecule has 0 aliphatic carbocycles. The molecule has 146 valence electrons. The number of halogens is 1. The maximum atomic E-state index is 13.4. The van der Waals surface area contributed by atoms with Gasteiger partial charge in [-0.2, -0.15) is 0 Å². The molecule has 0 atom stereocenters. The number of hydrogen-bond donors (Lipinski definition) is 1. The number of aromatic nitrogens is 3. The molecule has 0 radical (unpaired) electrons. The second-order valence-corrected chi connectivity index (χ2v) is 7.32. The number of thioether (sulfide) groups is 1. The minimum absolute atomic E-state index is 0.00185. The van der Waals surface area contributed by atoms with Crippen LogP contribution in [-0.2, 0) is 17.0 Å². The van der Waals surface area contributed by atoms with Gasteiger partial charge in [-0.25, -0.2) is 4.39 Å². The number of nitrogens with zero attached hydrogens (tertiary/aromatic N) is 3. The van der Waals surface area contributed by atoms with Crippen LogP contribution in [0.25, 0.3) is 5.69 Å². The average molecular weight is 399 g/mol. The van der Waals surface area contributed by atoms with Crippen molar-refractivity contribution in [1.29, 1.82) is 0 Å². The molecule has 0 bridgehead atoms. The molecule has 0 aliphatic rings. The summed E-state index contributed by atoms with van der Waals surface area (Å²) < 4.78 is 15.3. The number of benzene rings is 2. The topological polar surface area (TPSA) is 59.8 Å². The minimum Gasteiger partial charge on any atom is -0.356 e. The van der Waals surface area contributed by atoms with Crippen LogP contribution in [-0.4, -0.2) is 27.2 Å². The predicted molar refractivity (Wildman–Crippen MR) is 109 cm³/mol. The van der Waals surface area contributed by atoms with Gasteiger partial charge in [0.25, 0.3) is 0 Å². The molecule has 1 N–H and O–H groups in total. The second-order valence-electron chi connectivity index (χ2n) is 6.38. The van der Waals surface area contributed by atoms with E-state index in [0.717, 1.165) is 22.4 Å². The van der Waals surface area contributed by atoms with Crippen molar-refractivity contribution in [3.63, 3.8) is 0 Å². The van der Waals surface area contributed by atoms with Crippen molar-refractivity contribution in [1.82, 2.24) is 20.1 Å². The van der Waals surface area contributed by atoms with E-state index >= 15 is 0 Å². The molecule has 0 unspecified atom stereocenters. The summed E-state index contributed by atoms with van der Waals surface area (Å²) >= 11 is 1.59. The third-order valence-corrected chi connectivity index (χ3v) is 5.37. The largest absolute Gasteiger partial charge is 0.356 e.